The van der Waals surface area contributed by atoms with Crippen LogP contribution in [0.25, 0.3) is 0 Å². The predicted octanol–water partition coefficient (Wildman–Crippen LogP) is 6.47. The summed E-state index contributed by atoms with van der Waals surface area (Å²) in [7, 11) is 1.16. The minimum Gasteiger partial charge on any atom is -0.493 e. The van der Waals surface area contributed by atoms with Gasteiger partial charge in [-0.3, -0.25) is 0 Å². The topological polar surface area (TPSA) is 89.5 Å². The number of hydrogen-bond donors (Lipinski definition) is 0. The average Bonchev–Trinajstić information content (AvgIpc) is 3.50. The van der Waals surface area contributed by atoms with Crippen molar-refractivity contribution in [2.75, 3.05) is 40.3 Å². The molecule has 0 unspecified atom stereocenters. The van der Waals surface area contributed by atoms with Crippen LogP contribution in [0.3, 0.4) is 0 Å². The van der Waals surface area contributed by atoms with Gasteiger partial charge in [0.25, 0.3) is 0 Å². The van der Waals surface area contributed by atoms with Crippen molar-refractivity contribution < 1.29 is 36.8 Å². The van der Waals surface area contributed by atoms with E-state index in [0.29, 0.717) is 42.6 Å². The third-order valence-corrected chi connectivity index (χ3v) is 8.87. The van der Waals surface area contributed by atoms with Crippen LogP contribution in [0.1, 0.15) is 61.5 Å². The van der Waals surface area contributed by atoms with Gasteiger partial charge in [-0.15, -0.1) is 0 Å². The highest BCUT2D eigenvalue weighted by Gasteiger charge is 2.31. The number of ether oxygens (including phenoxy) is 6. The Bertz CT molecular complexity index is 1350. The van der Waals surface area contributed by atoms with E-state index in [0.717, 1.165) is 36.0 Å². The zero-order chi connectivity index (χ0) is 29.2. The van der Waals surface area contributed by atoms with Crippen LogP contribution in [0, 0.1) is 0 Å². The molecule has 1 heterocycles. The molecule has 9 heteroatoms. The van der Waals surface area contributed by atoms with Crippen LogP contribution < -0.4 is 18.9 Å². The Morgan fingerprint density at radius 2 is 1.46 bits per heavy atom. The molecule has 41 heavy (non-hydrogen) atoms. The van der Waals surface area contributed by atoms with Crippen molar-refractivity contribution in [1.29, 1.82) is 0 Å². The molecule has 1 saturated heterocycles. The van der Waals surface area contributed by atoms with Crippen molar-refractivity contribution in [2.45, 2.75) is 56.3 Å². The first-order chi connectivity index (χ1) is 19.9. The van der Waals surface area contributed by atoms with Crippen LogP contribution in [0.4, 0.5) is 0 Å². The molecule has 1 fully saturated rings. The number of sulfone groups is 1. The number of hydrogen-bond acceptors (Lipinski definition) is 8. The van der Waals surface area contributed by atoms with Crippen LogP contribution in [0.2, 0.25) is 0 Å². The normalized spacial score (nSPS) is 16.9. The zero-order valence-electron chi connectivity index (χ0n) is 24.3. The summed E-state index contributed by atoms with van der Waals surface area (Å²) >= 11 is 0. The number of methoxy groups -OCH3 is 3. The standard InChI is InChI=1S/C32H40O8S/c1-5-16-38-17-9-18-41(33,34)31-15-12-24(19-28(31)39-22-23-10-7-6-8-11-23)26-13-14-27(40-26)25-20-29(35-2)32(37-4)30(21-25)36-3/h6-8,10-12,15,19-21,26-27H,5,9,13-14,16-18,22H2,1-4H3/t26-,27-/m0/s1. The largest absolute Gasteiger partial charge is 0.493 e. The molecular weight excluding hydrogens is 544 g/mol. The van der Waals surface area contributed by atoms with Crippen LogP contribution in [-0.4, -0.2) is 48.7 Å². The minimum absolute atomic E-state index is 0.0130. The Kier molecular flexibility index (Phi) is 10.9. The predicted molar refractivity (Wildman–Crippen MR) is 157 cm³/mol. The van der Waals surface area contributed by atoms with E-state index in [4.69, 9.17) is 28.4 Å². The minimum atomic E-state index is -3.58. The number of benzene rings is 3. The molecular formula is C32H40O8S. The summed E-state index contributed by atoms with van der Waals surface area (Å²) in [6.45, 7) is 3.31. The van der Waals surface area contributed by atoms with Crippen LogP contribution in [0.15, 0.2) is 65.6 Å². The molecule has 0 amide bonds. The highest BCUT2D eigenvalue weighted by atomic mass is 32.2. The maximum absolute atomic E-state index is 13.3. The van der Waals surface area contributed by atoms with Crippen molar-refractivity contribution >= 4 is 9.84 Å². The summed E-state index contributed by atoms with van der Waals surface area (Å²) in [6, 6.07) is 18.8. The van der Waals surface area contributed by atoms with Gasteiger partial charge in [-0.05, 0) is 66.6 Å². The van der Waals surface area contributed by atoms with Crippen LogP contribution in [-0.2, 0) is 25.9 Å². The van der Waals surface area contributed by atoms with Gasteiger partial charge in [-0.2, -0.15) is 0 Å². The second-order valence-corrected chi connectivity index (χ2v) is 12.0. The number of rotatable bonds is 15. The third kappa shape index (κ3) is 7.72. The molecule has 0 saturated carbocycles. The van der Waals surface area contributed by atoms with Gasteiger partial charge in [0.05, 0.1) is 39.3 Å². The molecule has 0 spiro atoms. The first kappa shape index (κ1) is 30.7. The fourth-order valence-corrected chi connectivity index (χ4v) is 6.37. The summed E-state index contributed by atoms with van der Waals surface area (Å²) in [5, 5.41) is 0. The lowest BCUT2D eigenvalue weighted by Gasteiger charge is -2.19. The lowest BCUT2D eigenvalue weighted by molar-refractivity contribution is 0.0436. The molecule has 0 aliphatic carbocycles. The first-order valence-corrected chi connectivity index (χ1v) is 15.6. The van der Waals surface area contributed by atoms with E-state index in [1.54, 1.807) is 27.4 Å². The molecule has 0 radical (unpaired) electrons. The van der Waals surface area contributed by atoms with Crippen molar-refractivity contribution in [3.63, 3.8) is 0 Å². The summed E-state index contributed by atoms with van der Waals surface area (Å²) in [5.74, 6) is 1.99. The van der Waals surface area contributed by atoms with Gasteiger partial charge in [0.1, 0.15) is 17.3 Å². The molecule has 8 nitrogen and oxygen atoms in total. The first-order valence-electron chi connectivity index (χ1n) is 14.0. The van der Waals surface area contributed by atoms with E-state index in [2.05, 4.69) is 0 Å². The summed E-state index contributed by atoms with van der Waals surface area (Å²) in [4.78, 5) is 0.187. The lowest BCUT2D eigenvalue weighted by atomic mass is 10.0. The summed E-state index contributed by atoms with van der Waals surface area (Å²) < 4.78 is 61.3. The van der Waals surface area contributed by atoms with E-state index in [1.807, 2.05) is 61.5 Å². The average molecular weight is 585 g/mol. The van der Waals surface area contributed by atoms with Gasteiger partial charge >= 0.3 is 0 Å². The van der Waals surface area contributed by atoms with Crippen LogP contribution >= 0.6 is 0 Å². The molecule has 3 aromatic carbocycles. The van der Waals surface area contributed by atoms with Gasteiger partial charge in [0.15, 0.2) is 21.3 Å². The fourth-order valence-electron chi connectivity index (χ4n) is 4.95. The Morgan fingerprint density at radius 1 is 0.805 bits per heavy atom. The van der Waals surface area contributed by atoms with Crippen molar-refractivity contribution in [1.82, 2.24) is 0 Å². The van der Waals surface area contributed by atoms with E-state index in [-0.39, 0.29) is 29.5 Å². The third-order valence-electron chi connectivity index (χ3n) is 7.04. The van der Waals surface area contributed by atoms with Gasteiger partial charge in [0.2, 0.25) is 5.75 Å². The molecule has 0 aromatic heterocycles. The highest BCUT2D eigenvalue weighted by Crippen LogP contribution is 2.46. The monoisotopic (exact) mass is 584 g/mol. The maximum Gasteiger partial charge on any atom is 0.203 e. The van der Waals surface area contributed by atoms with E-state index in [1.165, 1.54) is 0 Å². The second kappa shape index (κ2) is 14.6. The van der Waals surface area contributed by atoms with Gasteiger partial charge < -0.3 is 28.4 Å². The van der Waals surface area contributed by atoms with Gasteiger partial charge in [-0.1, -0.05) is 43.3 Å². The Hall–Kier alpha value is -3.27. The van der Waals surface area contributed by atoms with E-state index < -0.39 is 9.84 Å². The highest BCUT2D eigenvalue weighted by molar-refractivity contribution is 7.91. The maximum atomic E-state index is 13.3. The lowest BCUT2D eigenvalue weighted by Crippen LogP contribution is -2.12. The molecule has 0 N–H and O–H groups in total. The Balaban J connectivity index is 1.56. The second-order valence-electron chi connectivity index (χ2n) is 9.91. The fraction of sp³-hybridized carbons (Fsp3) is 0.438. The summed E-state index contributed by atoms with van der Waals surface area (Å²) in [6.07, 6.45) is 2.45. The summed E-state index contributed by atoms with van der Waals surface area (Å²) in [5.41, 5.74) is 2.74. The molecule has 3 aromatic rings. The van der Waals surface area contributed by atoms with Crippen molar-refractivity contribution in [3.8, 4) is 23.0 Å². The Labute approximate surface area is 243 Å². The molecule has 2 atom stereocenters. The smallest absolute Gasteiger partial charge is 0.203 e. The van der Waals surface area contributed by atoms with E-state index in [9.17, 15) is 8.42 Å². The van der Waals surface area contributed by atoms with E-state index >= 15 is 0 Å². The van der Waals surface area contributed by atoms with Crippen molar-refractivity contribution in [3.05, 3.63) is 77.4 Å². The Morgan fingerprint density at radius 3 is 2.10 bits per heavy atom. The molecule has 0 bridgehead atoms. The quantitative estimate of drug-likeness (QED) is 0.188. The van der Waals surface area contributed by atoms with Gasteiger partial charge in [0, 0.05) is 13.2 Å². The van der Waals surface area contributed by atoms with Gasteiger partial charge in [-0.25, -0.2) is 8.42 Å². The zero-order valence-corrected chi connectivity index (χ0v) is 25.1. The molecule has 222 valence electrons. The SMILES string of the molecule is CCCOCCCS(=O)(=O)c1ccc([C@@H]2CC[C@@H](c3cc(OC)c(OC)c(OC)c3)O2)cc1OCc1ccccc1. The molecule has 4 rings (SSSR count). The molecule has 1 aliphatic rings. The molecule has 1 aliphatic heterocycles. The van der Waals surface area contributed by atoms with Crippen LogP contribution in [0.5, 0.6) is 23.0 Å². The van der Waals surface area contributed by atoms with Crippen molar-refractivity contribution in [2.24, 2.45) is 0 Å².